The Balaban J connectivity index is 1.70. The van der Waals surface area contributed by atoms with Gasteiger partial charge < -0.3 is 27.8 Å². The number of hydrogen-bond donors (Lipinski definition) is 5. The smallest absolute Gasteiger partial charge is 0.262 e. The predicted molar refractivity (Wildman–Crippen MR) is 128 cm³/mol. The first kappa shape index (κ1) is 21.1. The summed E-state index contributed by atoms with van der Waals surface area (Å²) in [7, 11) is 0. The molecule has 8 heteroatoms. The van der Waals surface area contributed by atoms with Crippen LogP contribution in [0.25, 0.3) is 10.1 Å². The second-order valence-corrected chi connectivity index (χ2v) is 9.81. The number of nitrogen functional groups attached to an aromatic ring is 1. The number of nitrogens with two attached hydrogens (primary N) is 3. The van der Waals surface area contributed by atoms with Gasteiger partial charge >= 0.3 is 0 Å². The lowest BCUT2D eigenvalue weighted by atomic mass is 9.70. The van der Waals surface area contributed by atoms with Crippen LogP contribution in [0.15, 0.2) is 36.4 Å². The van der Waals surface area contributed by atoms with Gasteiger partial charge in [0.1, 0.15) is 5.54 Å². The second kappa shape index (κ2) is 7.67. The average molecular weight is 450 g/mol. The number of carbonyl (C=O) groups is 2. The molecule has 166 valence electrons. The van der Waals surface area contributed by atoms with Crippen LogP contribution in [0.3, 0.4) is 0 Å². The number of benzene rings is 2. The minimum absolute atomic E-state index is 0.0434. The highest BCUT2D eigenvalue weighted by Crippen LogP contribution is 2.49. The lowest BCUT2D eigenvalue weighted by Crippen LogP contribution is -2.52. The van der Waals surface area contributed by atoms with E-state index in [9.17, 15) is 9.59 Å². The first-order chi connectivity index (χ1) is 15.3. The Labute approximate surface area is 190 Å². The Morgan fingerprint density at radius 2 is 2.09 bits per heavy atom. The van der Waals surface area contributed by atoms with Crippen LogP contribution in [0.4, 0.5) is 5.69 Å². The van der Waals surface area contributed by atoms with E-state index in [2.05, 4.69) is 10.6 Å². The largest absolute Gasteiger partial charge is 0.398 e. The van der Waals surface area contributed by atoms with E-state index in [1.54, 1.807) is 12.1 Å². The maximum absolute atomic E-state index is 13.7. The molecule has 7 nitrogen and oxygen atoms in total. The summed E-state index contributed by atoms with van der Waals surface area (Å²) in [5.41, 5.74) is 21.7. The molecule has 1 saturated heterocycles. The molecular weight excluding hydrogens is 422 g/mol. The van der Waals surface area contributed by atoms with Crippen LogP contribution in [-0.2, 0) is 10.3 Å². The Hall–Kier alpha value is -2.78. The van der Waals surface area contributed by atoms with Crippen LogP contribution in [0.2, 0.25) is 0 Å². The summed E-state index contributed by atoms with van der Waals surface area (Å²) in [5.74, 6) is -0.544. The van der Waals surface area contributed by atoms with Crippen molar-refractivity contribution >= 4 is 38.8 Å². The number of Topliss-reactive ketones (excluding diaryl/α,β-unsaturated/α-hetero) is 1. The van der Waals surface area contributed by atoms with Crippen molar-refractivity contribution in [2.45, 2.75) is 37.4 Å². The number of rotatable bonds is 3. The third-order valence-corrected chi connectivity index (χ3v) is 7.88. The summed E-state index contributed by atoms with van der Waals surface area (Å²) in [4.78, 5) is 27.4. The topological polar surface area (TPSA) is 136 Å². The molecule has 8 N–H and O–H groups in total. The van der Waals surface area contributed by atoms with Gasteiger partial charge in [-0.15, -0.1) is 11.3 Å². The van der Waals surface area contributed by atoms with Crippen LogP contribution in [0.5, 0.6) is 0 Å². The molecule has 1 fully saturated rings. The molecule has 2 aliphatic rings. The minimum atomic E-state index is -1.41. The SMILES string of the molecule is Cc1cccc(C2(N)C(=O)C(N)c3c(C(=O)NC4CCCNC4)sc4c(N)ccc2c34)c1. The molecule has 1 amide bonds. The third-order valence-electron chi connectivity index (χ3n) is 6.62. The van der Waals surface area contributed by atoms with Crippen molar-refractivity contribution in [3.8, 4) is 0 Å². The second-order valence-electron chi connectivity index (χ2n) is 8.79. The normalized spacial score (nSPS) is 25.2. The van der Waals surface area contributed by atoms with Gasteiger partial charge in [-0.3, -0.25) is 9.59 Å². The fraction of sp³-hybridized carbons (Fsp3) is 0.333. The molecule has 1 aromatic heterocycles. The van der Waals surface area contributed by atoms with Gasteiger partial charge in [0.15, 0.2) is 5.78 Å². The molecule has 1 aliphatic heterocycles. The van der Waals surface area contributed by atoms with Crippen molar-refractivity contribution in [1.82, 2.24) is 10.6 Å². The first-order valence-corrected chi connectivity index (χ1v) is 11.7. The summed E-state index contributed by atoms with van der Waals surface area (Å²) >= 11 is 1.29. The predicted octanol–water partition coefficient (Wildman–Crippen LogP) is 2.06. The number of ketones is 1. The zero-order valence-corrected chi connectivity index (χ0v) is 18.7. The molecular formula is C24H27N5O2S. The highest BCUT2D eigenvalue weighted by Gasteiger charge is 2.48. The monoisotopic (exact) mass is 449 g/mol. The molecule has 32 heavy (non-hydrogen) atoms. The molecule has 0 spiro atoms. The lowest BCUT2D eigenvalue weighted by Gasteiger charge is -2.36. The number of hydrogen-bond acceptors (Lipinski definition) is 7. The van der Waals surface area contributed by atoms with Gasteiger partial charge in [0.25, 0.3) is 5.91 Å². The molecule has 5 rings (SSSR count). The number of amides is 1. The molecule has 0 radical (unpaired) electrons. The fourth-order valence-corrected chi connectivity index (χ4v) is 6.17. The highest BCUT2D eigenvalue weighted by molar-refractivity contribution is 7.21. The quantitative estimate of drug-likeness (QED) is 0.388. The number of piperidine rings is 1. The van der Waals surface area contributed by atoms with E-state index in [0.717, 1.165) is 41.6 Å². The molecule has 2 heterocycles. The van der Waals surface area contributed by atoms with Crippen molar-refractivity contribution in [1.29, 1.82) is 0 Å². The van der Waals surface area contributed by atoms with E-state index in [4.69, 9.17) is 17.2 Å². The van der Waals surface area contributed by atoms with Gasteiger partial charge in [0.05, 0.1) is 15.6 Å². The highest BCUT2D eigenvalue weighted by atomic mass is 32.1. The van der Waals surface area contributed by atoms with E-state index in [-0.39, 0.29) is 17.7 Å². The summed E-state index contributed by atoms with van der Waals surface area (Å²) < 4.78 is 0.745. The van der Waals surface area contributed by atoms with Gasteiger partial charge in [-0.05, 0) is 43.5 Å². The Kier molecular flexibility index (Phi) is 5.05. The zero-order chi connectivity index (χ0) is 22.6. The number of aryl methyl sites for hydroxylation is 1. The molecule has 3 unspecified atom stereocenters. The minimum Gasteiger partial charge on any atom is -0.398 e. The van der Waals surface area contributed by atoms with Crippen LogP contribution >= 0.6 is 11.3 Å². The molecule has 1 aliphatic carbocycles. The molecule has 0 bridgehead atoms. The van der Waals surface area contributed by atoms with Crippen molar-refractivity contribution in [2.75, 3.05) is 18.8 Å². The third kappa shape index (κ3) is 3.06. The number of carbonyl (C=O) groups excluding carboxylic acids is 2. The van der Waals surface area contributed by atoms with Crippen LogP contribution in [0.1, 0.15) is 50.8 Å². The number of nitrogens with one attached hydrogen (secondary N) is 2. The molecule has 3 aromatic rings. The molecule has 0 saturated carbocycles. The molecule has 2 aromatic carbocycles. The van der Waals surface area contributed by atoms with Crippen molar-refractivity contribution in [2.24, 2.45) is 11.5 Å². The van der Waals surface area contributed by atoms with Crippen LogP contribution < -0.4 is 27.8 Å². The Morgan fingerprint density at radius 3 is 2.81 bits per heavy atom. The fourth-order valence-electron chi connectivity index (χ4n) is 4.96. The lowest BCUT2D eigenvalue weighted by molar-refractivity contribution is -0.124. The van der Waals surface area contributed by atoms with E-state index < -0.39 is 11.6 Å². The van der Waals surface area contributed by atoms with E-state index in [1.807, 2.05) is 31.2 Å². The van der Waals surface area contributed by atoms with Crippen molar-refractivity contribution < 1.29 is 9.59 Å². The van der Waals surface area contributed by atoms with Gasteiger partial charge in [0, 0.05) is 29.2 Å². The summed E-state index contributed by atoms with van der Waals surface area (Å²) in [6.45, 7) is 3.64. The first-order valence-electron chi connectivity index (χ1n) is 10.8. The summed E-state index contributed by atoms with van der Waals surface area (Å²) in [6, 6.07) is 10.2. The van der Waals surface area contributed by atoms with Gasteiger partial charge in [0.2, 0.25) is 0 Å². The average Bonchev–Trinajstić information content (AvgIpc) is 3.19. The molecule has 3 atom stereocenters. The van der Waals surface area contributed by atoms with Gasteiger partial charge in [-0.2, -0.15) is 0 Å². The van der Waals surface area contributed by atoms with Crippen LogP contribution in [0, 0.1) is 6.92 Å². The van der Waals surface area contributed by atoms with E-state index in [1.165, 1.54) is 11.3 Å². The van der Waals surface area contributed by atoms with Crippen molar-refractivity contribution in [3.63, 3.8) is 0 Å². The van der Waals surface area contributed by atoms with Crippen molar-refractivity contribution in [3.05, 3.63) is 63.5 Å². The van der Waals surface area contributed by atoms with E-state index in [0.29, 0.717) is 27.3 Å². The number of thiophene rings is 1. The zero-order valence-electron chi connectivity index (χ0n) is 17.9. The maximum Gasteiger partial charge on any atom is 0.262 e. The van der Waals surface area contributed by atoms with Crippen LogP contribution in [-0.4, -0.2) is 30.8 Å². The Bertz CT molecular complexity index is 1250. The standard InChI is InChI=1S/C24H27N5O2S/c1-12-4-2-5-13(10-12)24(27)15-7-8-16(25)20-17(15)18(19(26)22(24)30)21(32-20)23(31)29-14-6-3-9-28-11-14/h2,4-5,7-8,10,14,19,28H,3,6,9,11,25-27H2,1H3,(H,29,31). The van der Waals surface area contributed by atoms with Gasteiger partial charge in [-0.25, -0.2) is 0 Å². The van der Waals surface area contributed by atoms with E-state index >= 15 is 0 Å². The number of anilines is 1. The van der Waals surface area contributed by atoms with Gasteiger partial charge in [-0.1, -0.05) is 35.9 Å². The Morgan fingerprint density at radius 1 is 1.28 bits per heavy atom. The maximum atomic E-state index is 13.7. The summed E-state index contributed by atoms with van der Waals surface area (Å²) in [5, 5.41) is 7.13. The summed E-state index contributed by atoms with van der Waals surface area (Å²) in [6.07, 6.45) is 1.92.